The molecule has 0 unspecified atom stereocenters. The Balaban J connectivity index is 0.997. The van der Waals surface area contributed by atoms with Gasteiger partial charge < -0.3 is 20.8 Å². The summed E-state index contributed by atoms with van der Waals surface area (Å²) in [6, 6.07) is 34.2. The summed E-state index contributed by atoms with van der Waals surface area (Å²) in [5, 5.41) is 39.6. The van der Waals surface area contributed by atoms with Crippen LogP contribution in [0.3, 0.4) is 0 Å². The zero-order valence-corrected chi connectivity index (χ0v) is 29.1. The first-order valence-electron chi connectivity index (χ1n) is 17.8. The number of hydrogen-bond acceptors (Lipinski definition) is 5. The number of Topliss-reactive ketones (excluding diaryl/α,β-unsaturated/α-hetero) is 1. The molecule has 0 bridgehead atoms. The third-order valence-corrected chi connectivity index (χ3v) is 12.3. The van der Waals surface area contributed by atoms with Crippen molar-refractivity contribution in [3.8, 4) is 44.5 Å². The van der Waals surface area contributed by atoms with Crippen molar-refractivity contribution in [2.45, 2.75) is 38.5 Å². The van der Waals surface area contributed by atoms with Gasteiger partial charge in [0, 0.05) is 38.6 Å². The molecular formula is C47H32N2O3-2. The maximum atomic E-state index is 14.1. The molecule has 250 valence electrons. The Morgan fingerprint density at radius 1 is 0.500 bits per heavy atom. The Kier molecular flexibility index (Phi) is 5.37. The normalized spacial score (nSPS) is 19.5. The van der Waals surface area contributed by atoms with E-state index < -0.39 is 28.1 Å². The van der Waals surface area contributed by atoms with Crippen LogP contribution in [0, 0.1) is 0 Å². The predicted molar refractivity (Wildman–Crippen MR) is 205 cm³/mol. The fourth-order valence-electron chi connectivity index (χ4n) is 9.46. The quantitative estimate of drug-likeness (QED) is 0.192. The van der Waals surface area contributed by atoms with Crippen molar-refractivity contribution in [2.24, 2.45) is 0 Å². The number of allylic oxidation sites excluding steroid dienone is 5. The van der Waals surface area contributed by atoms with Crippen LogP contribution in [0.5, 0.6) is 0 Å². The van der Waals surface area contributed by atoms with Crippen LogP contribution in [0.1, 0.15) is 38.8 Å². The topological polar surface area (TPSA) is 87.2 Å². The van der Waals surface area contributed by atoms with Gasteiger partial charge in [-0.1, -0.05) is 124 Å². The lowest BCUT2D eigenvalue weighted by Crippen LogP contribution is -2.19. The average molecular weight is 673 g/mol. The Bertz CT molecular complexity index is 2880. The Morgan fingerprint density at radius 2 is 0.904 bits per heavy atom. The second-order valence-electron chi connectivity index (χ2n) is 15.7. The number of benzene rings is 6. The van der Waals surface area contributed by atoms with Gasteiger partial charge in [-0.2, -0.15) is 0 Å². The van der Waals surface area contributed by atoms with Gasteiger partial charge in [0.2, 0.25) is 0 Å². The molecule has 5 aliphatic rings. The summed E-state index contributed by atoms with van der Waals surface area (Å²) in [5.74, 6) is -2.07. The van der Waals surface area contributed by atoms with Gasteiger partial charge in [-0.25, -0.2) is 0 Å². The fourth-order valence-corrected chi connectivity index (χ4v) is 9.46. The van der Waals surface area contributed by atoms with Gasteiger partial charge in [-0.15, -0.1) is 0 Å². The van der Waals surface area contributed by atoms with Gasteiger partial charge in [0.25, 0.3) is 0 Å². The van der Waals surface area contributed by atoms with Crippen molar-refractivity contribution in [1.82, 2.24) is 0 Å². The minimum absolute atomic E-state index is 0.0976. The first kappa shape index (κ1) is 29.4. The highest BCUT2D eigenvalue weighted by Gasteiger charge is 2.41. The van der Waals surface area contributed by atoms with Crippen LogP contribution in [-0.2, 0) is 15.6 Å². The van der Waals surface area contributed by atoms with Crippen LogP contribution in [0.2, 0.25) is 0 Å². The molecule has 11 rings (SSSR count). The minimum atomic E-state index is -0.766. The molecular weight excluding hydrogens is 641 g/mol. The summed E-state index contributed by atoms with van der Waals surface area (Å²) < 4.78 is 0. The van der Waals surface area contributed by atoms with Crippen molar-refractivity contribution < 1.29 is 15.0 Å². The fraction of sp³-hybridized carbons (Fsp3) is 0.128. The second kappa shape index (κ2) is 9.51. The zero-order chi connectivity index (χ0) is 35.4. The molecule has 2 aliphatic heterocycles. The number of ketones is 1. The lowest BCUT2D eigenvalue weighted by molar-refractivity contribution is -0.308. The van der Waals surface area contributed by atoms with Gasteiger partial charge in [-0.3, -0.25) is 4.79 Å². The molecule has 0 spiro atoms. The highest BCUT2D eigenvalue weighted by molar-refractivity contribution is 6.21. The van der Waals surface area contributed by atoms with Crippen LogP contribution in [0.25, 0.3) is 66.1 Å². The van der Waals surface area contributed by atoms with Crippen LogP contribution >= 0.6 is 0 Å². The molecule has 5 heteroatoms. The molecule has 0 radical (unpaired) electrons. The van der Waals surface area contributed by atoms with Gasteiger partial charge in [0.1, 0.15) is 0 Å². The Morgan fingerprint density at radius 3 is 1.37 bits per heavy atom. The van der Waals surface area contributed by atoms with Crippen molar-refractivity contribution in [1.29, 1.82) is 0 Å². The van der Waals surface area contributed by atoms with E-state index in [2.05, 4.69) is 135 Å². The molecule has 2 heterocycles. The lowest BCUT2D eigenvalue weighted by Gasteiger charge is -2.23. The smallest absolute Gasteiger partial charge is 0.178 e. The number of anilines is 2. The summed E-state index contributed by atoms with van der Waals surface area (Å²) in [4.78, 5) is 13.6. The van der Waals surface area contributed by atoms with E-state index in [1.807, 2.05) is 0 Å². The van der Waals surface area contributed by atoms with Crippen molar-refractivity contribution in [3.63, 3.8) is 0 Å². The first-order chi connectivity index (χ1) is 25.1. The van der Waals surface area contributed by atoms with E-state index in [1.54, 1.807) is 12.2 Å². The first-order valence-corrected chi connectivity index (χ1v) is 17.8. The monoisotopic (exact) mass is 672 g/mol. The zero-order valence-electron chi connectivity index (χ0n) is 29.1. The SMILES string of the molecule is CC1(C)/C(=C/C2=C([O-])C(/C=C3\Nc4c(cc5c6c(cccc46)-c4ccccc4-5)C3(C)C)=C([O-])C2=O)Nc2c1cc1c3c(cccc23)-c2ccccc2-1. The number of rotatable bonds is 2. The second-order valence-corrected chi connectivity index (χ2v) is 15.7. The molecule has 0 saturated carbocycles. The van der Waals surface area contributed by atoms with E-state index in [0.29, 0.717) is 0 Å². The molecule has 3 aliphatic carbocycles. The third-order valence-electron chi connectivity index (χ3n) is 12.3. The molecule has 0 fully saturated rings. The van der Waals surface area contributed by atoms with Crippen molar-refractivity contribution in [2.75, 3.05) is 10.6 Å². The largest absolute Gasteiger partial charge is 0.872 e. The number of carbonyl (C=O) groups is 1. The van der Waals surface area contributed by atoms with Crippen molar-refractivity contribution in [3.05, 3.63) is 154 Å². The average Bonchev–Trinajstić information content (AvgIpc) is 3.86. The standard InChI is InChI=1S/C47H34N2O3/c1-46(2)35-19-31-25-13-7-5-11-23(25)27-15-9-17-29(39(27)31)41(35)48-37(46)21-33-43(50)34(45(52)44(33)51)22-38-47(3,4)36-20-32-26-14-8-6-12-24(26)28-16-10-18-30(40(28)32)42(36)49-38/h5-22,48-50H,1-4H3,(H,51,52)/p-2/b37-21-,38-22-. The molecule has 0 aromatic heterocycles. The van der Waals surface area contributed by atoms with Crippen LogP contribution in [0.15, 0.2) is 143 Å². The van der Waals surface area contributed by atoms with E-state index >= 15 is 0 Å². The van der Waals surface area contributed by atoms with Gasteiger partial charge >= 0.3 is 0 Å². The van der Waals surface area contributed by atoms with Crippen LogP contribution < -0.4 is 20.8 Å². The predicted octanol–water partition coefficient (Wildman–Crippen LogP) is 8.97. The summed E-state index contributed by atoms with van der Waals surface area (Å²) in [6.45, 7) is 8.39. The summed E-state index contributed by atoms with van der Waals surface area (Å²) >= 11 is 0. The third kappa shape index (κ3) is 3.46. The Labute approximate surface area is 301 Å². The van der Waals surface area contributed by atoms with Crippen molar-refractivity contribution >= 4 is 38.7 Å². The van der Waals surface area contributed by atoms with E-state index in [9.17, 15) is 15.0 Å². The van der Waals surface area contributed by atoms with E-state index in [0.717, 1.165) is 44.7 Å². The van der Waals surface area contributed by atoms with Crippen LogP contribution in [0.4, 0.5) is 11.4 Å². The molecule has 5 nitrogen and oxygen atoms in total. The number of carbonyl (C=O) groups excluding carboxylic acids is 1. The van der Waals surface area contributed by atoms with Crippen LogP contribution in [-0.4, -0.2) is 5.78 Å². The maximum Gasteiger partial charge on any atom is 0.178 e. The summed E-state index contributed by atoms with van der Waals surface area (Å²) in [5.41, 5.74) is 13.9. The summed E-state index contributed by atoms with van der Waals surface area (Å²) in [6.07, 6.45) is 3.24. The van der Waals surface area contributed by atoms with E-state index in [1.165, 1.54) is 55.3 Å². The Hall–Kier alpha value is -6.33. The molecule has 0 saturated heterocycles. The minimum Gasteiger partial charge on any atom is -0.872 e. The highest BCUT2D eigenvalue weighted by Crippen LogP contribution is 2.57. The number of hydrogen-bond donors (Lipinski definition) is 2. The summed E-state index contributed by atoms with van der Waals surface area (Å²) in [7, 11) is 0. The van der Waals surface area contributed by atoms with Gasteiger partial charge in [-0.05, 0) is 96.3 Å². The molecule has 52 heavy (non-hydrogen) atoms. The lowest BCUT2D eigenvalue weighted by atomic mass is 9.81. The van der Waals surface area contributed by atoms with Gasteiger partial charge in [0.15, 0.2) is 5.78 Å². The highest BCUT2D eigenvalue weighted by atomic mass is 16.3. The molecule has 0 atom stereocenters. The van der Waals surface area contributed by atoms with E-state index in [4.69, 9.17) is 0 Å². The van der Waals surface area contributed by atoms with E-state index in [-0.39, 0.29) is 11.1 Å². The number of nitrogens with one attached hydrogen (secondary N) is 2. The number of fused-ring (bicyclic) bond motifs is 10. The molecule has 2 N–H and O–H groups in total. The molecule has 6 aromatic rings. The molecule has 0 amide bonds. The van der Waals surface area contributed by atoms with Gasteiger partial charge in [0.05, 0.1) is 11.4 Å². The maximum absolute atomic E-state index is 14.1. The molecule has 6 aromatic carbocycles.